The second-order valence-electron chi connectivity index (χ2n) is 5.01. The first kappa shape index (κ1) is 14.1. The quantitative estimate of drug-likeness (QED) is 0.628. The minimum atomic E-state index is -0.510. The summed E-state index contributed by atoms with van der Waals surface area (Å²) in [5, 5.41) is 5.86. The molecule has 2 heterocycles. The van der Waals surface area contributed by atoms with Gasteiger partial charge in [0, 0.05) is 18.0 Å². The zero-order valence-corrected chi connectivity index (χ0v) is 12.2. The molecule has 19 heavy (non-hydrogen) atoms. The highest BCUT2D eigenvalue weighted by atomic mass is 32.1. The normalized spacial score (nSPS) is 18.7. The highest BCUT2D eigenvalue weighted by molar-refractivity contribution is 7.11. The summed E-state index contributed by atoms with van der Waals surface area (Å²) < 4.78 is 0. The second kappa shape index (κ2) is 6.70. The van der Waals surface area contributed by atoms with Crippen LogP contribution in [0, 0.1) is 5.92 Å². The van der Waals surface area contributed by atoms with E-state index in [1.54, 1.807) is 24.5 Å². The van der Waals surface area contributed by atoms with Crippen molar-refractivity contribution < 1.29 is 9.63 Å². The molecule has 0 N–H and O–H groups in total. The van der Waals surface area contributed by atoms with Gasteiger partial charge in [0.2, 0.25) is 6.10 Å². The Morgan fingerprint density at radius 1 is 1.58 bits per heavy atom. The van der Waals surface area contributed by atoms with Crippen molar-refractivity contribution in [2.45, 2.75) is 32.8 Å². The summed E-state index contributed by atoms with van der Waals surface area (Å²) >= 11 is 1.59. The summed E-state index contributed by atoms with van der Waals surface area (Å²) in [6, 6.07) is 3.91. The number of likely N-dealkylation sites (tertiary alicyclic amines) is 1. The van der Waals surface area contributed by atoms with Gasteiger partial charge in [0.15, 0.2) is 0 Å². The summed E-state index contributed by atoms with van der Waals surface area (Å²) in [7, 11) is 0. The van der Waals surface area contributed by atoms with Crippen LogP contribution in [0.25, 0.3) is 0 Å². The number of carbonyl (C=O) groups is 1. The highest BCUT2D eigenvalue weighted by Gasteiger charge is 2.25. The highest BCUT2D eigenvalue weighted by Crippen LogP contribution is 2.17. The lowest BCUT2D eigenvalue weighted by atomic mass is 9.99. The first-order valence-corrected chi connectivity index (χ1v) is 7.56. The van der Waals surface area contributed by atoms with Gasteiger partial charge in [-0.05, 0) is 37.1 Å². The lowest BCUT2D eigenvalue weighted by molar-refractivity contribution is -0.143. The van der Waals surface area contributed by atoms with E-state index in [-0.39, 0.29) is 5.91 Å². The molecule has 2 rings (SSSR count). The number of nitrogens with zero attached hydrogens (tertiary/aromatic N) is 2. The minimum Gasteiger partial charge on any atom is -0.383 e. The van der Waals surface area contributed by atoms with Crippen LogP contribution in [0.2, 0.25) is 0 Å². The predicted molar refractivity (Wildman–Crippen MR) is 77.4 cm³/mol. The zero-order chi connectivity index (χ0) is 13.7. The van der Waals surface area contributed by atoms with E-state index in [1.807, 2.05) is 22.4 Å². The molecule has 0 bridgehead atoms. The first-order chi connectivity index (χ1) is 9.16. The number of hydrogen-bond acceptors (Lipinski definition) is 4. The third-order valence-electron chi connectivity index (χ3n) is 3.39. The van der Waals surface area contributed by atoms with Crippen molar-refractivity contribution in [3.05, 3.63) is 22.4 Å². The Balaban J connectivity index is 1.79. The van der Waals surface area contributed by atoms with Crippen molar-refractivity contribution in [2.24, 2.45) is 11.1 Å². The first-order valence-electron chi connectivity index (χ1n) is 6.68. The van der Waals surface area contributed by atoms with E-state index in [0.29, 0.717) is 0 Å². The molecule has 0 aliphatic carbocycles. The van der Waals surface area contributed by atoms with Gasteiger partial charge >= 0.3 is 0 Å². The van der Waals surface area contributed by atoms with E-state index < -0.39 is 6.10 Å². The van der Waals surface area contributed by atoms with Crippen LogP contribution in [0.1, 0.15) is 31.6 Å². The lowest BCUT2D eigenvalue weighted by Crippen LogP contribution is -2.43. The molecule has 5 heteroatoms. The zero-order valence-electron chi connectivity index (χ0n) is 11.4. The van der Waals surface area contributed by atoms with Gasteiger partial charge in [0.1, 0.15) is 0 Å². The molecule has 0 aromatic carbocycles. The summed E-state index contributed by atoms with van der Waals surface area (Å²) in [5.74, 6) is 0.757. The van der Waals surface area contributed by atoms with E-state index in [9.17, 15) is 4.79 Å². The number of oxime groups is 1. The van der Waals surface area contributed by atoms with E-state index in [1.165, 1.54) is 0 Å². The maximum Gasteiger partial charge on any atom is 0.266 e. The lowest BCUT2D eigenvalue weighted by Gasteiger charge is -2.31. The Bertz CT molecular complexity index is 423. The molecular formula is C14H20N2O2S. The van der Waals surface area contributed by atoms with Crippen molar-refractivity contribution in [2.75, 3.05) is 13.1 Å². The van der Waals surface area contributed by atoms with Gasteiger partial charge in [-0.25, -0.2) is 0 Å². The van der Waals surface area contributed by atoms with Gasteiger partial charge in [0.05, 0.1) is 6.21 Å². The Hall–Kier alpha value is -1.36. The number of rotatable bonds is 4. The van der Waals surface area contributed by atoms with Crippen LogP contribution in [0.3, 0.4) is 0 Å². The molecule has 1 amide bonds. The minimum absolute atomic E-state index is 0.0372. The predicted octanol–water partition coefficient (Wildman–Crippen LogP) is 2.75. The molecular weight excluding hydrogens is 260 g/mol. The fourth-order valence-corrected chi connectivity index (χ4v) is 2.64. The van der Waals surface area contributed by atoms with E-state index >= 15 is 0 Å². The molecule has 4 nitrogen and oxygen atoms in total. The summed E-state index contributed by atoms with van der Waals surface area (Å²) in [6.07, 6.45) is 3.30. The molecule has 1 saturated heterocycles. The average Bonchev–Trinajstić information content (AvgIpc) is 2.92. The van der Waals surface area contributed by atoms with Gasteiger partial charge < -0.3 is 9.74 Å². The molecule has 0 spiro atoms. The van der Waals surface area contributed by atoms with E-state index in [4.69, 9.17) is 4.84 Å². The molecule has 1 atom stereocenters. The number of thiophene rings is 1. The Kier molecular flexibility index (Phi) is 4.96. The Labute approximate surface area is 118 Å². The van der Waals surface area contributed by atoms with Gasteiger partial charge in [-0.2, -0.15) is 0 Å². The summed E-state index contributed by atoms with van der Waals surface area (Å²) in [5.41, 5.74) is 0. The van der Waals surface area contributed by atoms with Crippen LogP contribution in [0.4, 0.5) is 0 Å². The van der Waals surface area contributed by atoms with E-state index in [0.717, 1.165) is 36.7 Å². The molecule has 1 fully saturated rings. The monoisotopic (exact) mass is 280 g/mol. The van der Waals surface area contributed by atoms with Crippen molar-refractivity contribution in [1.29, 1.82) is 0 Å². The molecule has 0 radical (unpaired) electrons. The molecule has 1 aromatic rings. The Morgan fingerprint density at radius 2 is 2.32 bits per heavy atom. The number of piperidine rings is 1. The molecule has 1 aliphatic rings. The maximum absolute atomic E-state index is 12.1. The van der Waals surface area contributed by atoms with Gasteiger partial charge in [-0.1, -0.05) is 18.1 Å². The standard InChI is InChI=1S/C14H20N2O2S/c1-11-5-7-16(8-6-11)14(17)12(2)18-15-10-13-4-3-9-19-13/h3-4,9-12H,5-8H2,1-2H3/b15-10+. The van der Waals surface area contributed by atoms with Crippen LogP contribution in [-0.4, -0.2) is 36.2 Å². The van der Waals surface area contributed by atoms with E-state index in [2.05, 4.69) is 12.1 Å². The van der Waals surface area contributed by atoms with Gasteiger partial charge in [0.25, 0.3) is 5.91 Å². The molecule has 1 aliphatic heterocycles. The molecule has 1 aromatic heterocycles. The third kappa shape index (κ3) is 4.06. The second-order valence-corrected chi connectivity index (χ2v) is 5.98. The van der Waals surface area contributed by atoms with Crippen LogP contribution in [0.15, 0.2) is 22.7 Å². The van der Waals surface area contributed by atoms with Crippen LogP contribution >= 0.6 is 11.3 Å². The van der Waals surface area contributed by atoms with Crippen molar-refractivity contribution in [3.8, 4) is 0 Å². The third-order valence-corrected chi connectivity index (χ3v) is 4.19. The number of carbonyl (C=O) groups excluding carboxylic acids is 1. The molecule has 0 saturated carbocycles. The number of amides is 1. The van der Waals surface area contributed by atoms with Crippen molar-refractivity contribution in [3.63, 3.8) is 0 Å². The van der Waals surface area contributed by atoms with Crippen molar-refractivity contribution >= 4 is 23.5 Å². The summed E-state index contributed by atoms with van der Waals surface area (Å²) in [6.45, 7) is 5.66. The maximum atomic E-state index is 12.1. The topological polar surface area (TPSA) is 41.9 Å². The number of hydrogen-bond donors (Lipinski definition) is 0. The van der Waals surface area contributed by atoms with Crippen LogP contribution < -0.4 is 0 Å². The molecule has 1 unspecified atom stereocenters. The summed E-state index contributed by atoms with van der Waals surface area (Å²) in [4.78, 5) is 20.3. The van der Waals surface area contributed by atoms with Crippen LogP contribution in [-0.2, 0) is 9.63 Å². The molecule has 104 valence electrons. The smallest absolute Gasteiger partial charge is 0.266 e. The largest absolute Gasteiger partial charge is 0.383 e. The van der Waals surface area contributed by atoms with Gasteiger partial charge in [-0.15, -0.1) is 11.3 Å². The fraction of sp³-hybridized carbons (Fsp3) is 0.571. The van der Waals surface area contributed by atoms with Crippen molar-refractivity contribution in [1.82, 2.24) is 4.90 Å². The fourth-order valence-electron chi connectivity index (χ4n) is 2.07. The van der Waals surface area contributed by atoms with Crippen LogP contribution in [0.5, 0.6) is 0 Å². The SMILES string of the molecule is CC1CCN(C(=O)C(C)O/N=C/c2cccs2)CC1. The Morgan fingerprint density at radius 3 is 2.95 bits per heavy atom. The average molecular weight is 280 g/mol. The van der Waals surface area contributed by atoms with Gasteiger partial charge in [-0.3, -0.25) is 4.79 Å².